The van der Waals surface area contributed by atoms with E-state index in [1.165, 1.54) is 0 Å². The summed E-state index contributed by atoms with van der Waals surface area (Å²) in [6.45, 7) is 1.86. The molecular formula is C10H14O4. The van der Waals surface area contributed by atoms with Gasteiger partial charge in [0.25, 0.3) is 0 Å². The Kier molecular flexibility index (Phi) is 1.69. The summed E-state index contributed by atoms with van der Waals surface area (Å²) in [5, 5.41) is 18.3. The van der Waals surface area contributed by atoms with Crippen LogP contribution in [-0.4, -0.2) is 22.2 Å². The Morgan fingerprint density at radius 2 is 1.93 bits per heavy atom. The normalized spacial score (nSPS) is 45.4. The van der Waals surface area contributed by atoms with E-state index in [-0.39, 0.29) is 5.92 Å². The Labute approximate surface area is 81.9 Å². The predicted molar refractivity (Wildman–Crippen MR) is 47.8 cm³/mol. The van der Waals surface area contributed by atoms with Crippen molar-refractivity contribution in [1.82, 2.24) is 0 Å². The van der Waals surface area contributed by atoms with Crippen molar-refractivity contribution in [3.05, 3.63) is 0 Å². The SMILES string of the molecule is CC1CCCC2(C(=O)O)CC12C(=O)O. The molecule has 2 aliphatic carbocycles. The van der Waals surface area contributed by atoms with Gasteiger partial charge >= 0.3 is 11.9 Å². The first kappa shape index (κ1) is 9.49. The molecule has 4 heteroatoms. The zero-order valence-electron chi connectivity index (χ0n) is 8.12. The topological polar surface area (TPSA) is 74.6 Å². The van der Waals surface area contributed by atoms with Gasteiger partial charge in [-0.05, 0) is 25.2 Å². The molecular weight excluding hydrogens is 184 g/mol. The van der Waals surface area contributed by atoms with Crippen LogP contribution >= 0.6 is 0 Å². The first-order valence-corrected chi connectivity index (χ1v) is 4.94. The zero-order chi connectivity index (χ0) is 10.6. The monoisotopic (exact) mass is 198 g/mol. The highest BCUT2D eigenvalue weighted by Gasteiger charge is 2.79. The summed E-state index contributed by atoms with van der Waals surface area (Å²) in [5.74, 6) is -1.86. The first-order chi connectivity index (χ1) is 6.47. The second-order valence-electron chi connectivity index (χ2n) is 4.63. The summed E-state index contributed by atoms with van der Waals surface area (Å²) < 4.78 is 0. The molecule has 0 aliphatic heterocycles. The van der Waals surface area contributed by atoms with Crippen LogP contribution in [0, 0.1) is 16.7 Å². The van der Waals surface area contributed by atoms with E-state index in [0.29, 0.717) is 12.8 Å². The molecule has 2 rings (SSSR count). The van der Waals surface area contributed by atoms with E-state index in [2.05, 4.69) is 0 Å². The molecule has 0 aromatic carbocycles. The molecule has 0 aromatic rings. The van der Waals surface area contributed by atoms with Crippen LogP contribution in [0.3, 0.4) is 0 Å². The highest BCUT2D eigenvalue weighted by atomic mass is 16.4. The van der Waals surface area contributed by atoms with E-state index >= 15 is 0 Å². The van der Waals surface area contributed by atoms with Crippen LogP contribution in [0.25, 0.3) is 0 Å². The maximum atomic E-state index is 11.2. The average molecular weight is 198 g/mol. The van der Waals surface area contributed by atoms with Crippen molar-refractivity contribution < 1.29 is 19.8 Å². The van der Waals surface area contributed by atoms with Gasteiger partial charge in [-0.3, -0.25) is 9.59 Å². The second-order valence-corrected chi connectivity index (χ2v) is 4.63. The third-order valence-corrected chi connectivity index (χ3v) is 4.18. The average Bonchev–Trinajstić information content (AvgIpc) is 2.78. The standard InChI is InChI=1S/C10H14O4/c1-6-3-2-4-9(7(11)12)5-10(6,9)8(13)14/h6H,2-5H2,1H3,(H,11,12)(H,13,14). The van der Waals surface area contributed by atoms with Crippen molar-refractivity contribution in [3.8, 4) is 0 Å². The van der Waals surface area contributed by atoms with Crippen molar-refractivity contribution in [2.24, 2.45) is 16.7 Å². The highest BCUT2D eigenvalue weighted by Crippen LogP contribution is 2.73. The summed E-state index contributed by atoms with van der Waals surface area (Å²) in [7, 11) is 0. The lowest BCUT2D eigenvalue weighted by Crippen LogP contribution is -2.37. The Hall–Kier alpha value is -1.06. The number of rotatable bonds is 2. The third-order valence-electron chi connectivity index (χ3n) is 4.18. The number of carbonyl (C=O) groups is 2. The van der Waals surface area contributed by atoms with E-state index in [1.807, 2.05) is 6.92 Å². The Balaban J connectivity index is 2.39. The summed E-state index contributed by atoms with van der Waals surface area (Å²) in [5.41, 5.74) is -1.91. The van der Waals surface area contributed by atoms with E-state index in [9.17, 15) is 9.59 Å². The zero-order valence-corrected chi connectivity index (χ0v) is 8.12. The molecule has 0 amide bonds. The smallest absolute Gasteiger partial charge is 0.311 e. The molecule has 0 heterocycles. The number of aliphatic carboxylic acids is 2. The van der Waals surface area contributed by atoms with Crippen LogP contribution in [0.15, 0.2) is 0 Å². The van der Waals surface area contributed by atoms with Crippen molar-refractivity contribution in [1.29, 1.82) is 0 Å². The minimum absolute atomic E-state index is 0.00940. The van der Waals surface area contributed by atoms with Gasteiger partial charge in [-0.2, -0.15) is 0 Å². The van der Waals surface area contributed by atoms with Crippen molar-refractivity contribution in [3.63, 3.8) is 0 Å². The first-order valence-electron chi connectivity index (χ1n) is 4.94. The van der Waals surface area contributed by atoms with E-state index in [0.717, 1.165) is 12.8 Å². The molecule has 0 spiro atoms. The maximum Gasteiger partial charge on any atom is 0.311 e. The van der Waals surface area contributed by atoms with Gasteiger partial charge in [0.1, 0.15) is 0 Å². The molecule has 14 heavy (non-hydrogen) atoms. The minimum Gasteiger partial charge on any atom is -0.481 e. The maximum absolute atomic E-state index is 11.2. The van der Waals surface area contributed by atoms with Gasteiger partial charge in [0.05, 0.1) is 10.8 Å². The van der Waals surface area contributed by atoms with Crippen LogP contribution < -0.4 is 0 Å². The molecule has 3 unspecified atom stereocenters. The predicted octanol–water partition coefficient (Wildman–Crippen LogP) is 1.35. The lowest BCUT2D eigenvalue weighted by atomic mass is 9.73. The van der Waals surface area contributed by atoms with Gasteiger partial charge < -0.3 is 10.2 Å². The Bertz CT molecular complexity index is 311. The van der Waals surface area contributed by atoms with Crippen LogP contribution in [0.4, 0.5) is 0 Å². The van der Waals surface area contributed by atoms with E-state index < -0.39 is 22.8 Å². The van der Waals surface area contributed by atoms with E-state index in [4.69, 9.17) is 10.2 Å². The summed E-state index contributed by atoms with van der Waals surface area (Å²) in [4.78, 5) is 22.3. The third kappa shape index (κ3) is 0.792. The van der Waals surface area contributed by atoms with Gasteiger partial charge in [0.2, 0.25) is 0 Å². The largest absolute Gasteiger partial charge is 0.481 e. The van der Waals surface area contributed by atoms with Crippen molar-refractivity contribution in [2.75, 3.05) is 0 Å². The van der Waals surface area contributed by atoms with Gasteiger partial charge in [0, 0.05) is 0 Å². The molecule has 0 aromatic heterocycles. The molecule has 0 radical (unpaired) electrons. The quantitative estimate of drug-likeness (QED) is 0.702. The number of carboxylic acids is 2. The fourth-order valence-electron chi connectivity index (χ4n) is 3.21. The molecule has 0 saturated heterocycles. The lowest BCUT2D eigenvalue weighted by molar-refractivity contribution is -0.158. The molecule has 3 atom stereocenters. The summed E-state index contributed by atoms with van der Waals surface area (Å²) in [6, 6.07) is 0. The fourth-order valence-corrected chi connectivity index (χ4v) is 3.21. The van der Waals surface area contributed by atoms with Crippen LogP contribution in [0.1, 0.15) is 32.6 Å². The van der Waals surface area contributed by atoms with Gasteiger partial charge in [-0.1, -0.05) is 13.3 Å². The molecule has 2 saturated carbocycles. The number of hydrogen-bond donors (Lipinski definition) is 2. The molecule has 0 bridgehead atoms. The minimum atomic E-state index is -0.961. The Morgan fingerprint density at radius 3 is 2.36 bits per heavy atom. The van der Waals surface area contributed by atoms with Crippen LogP contribution in [-0.2, 0) is 9.59 Å². The van der Waals surface area contributed by atoms with Crippen LogP contribution in [0.5, 0.6) is 0 Å². The van der Waals surface area contributed by atoms with Crippen molar-refractivity contribution >= 4 is 11.9 Å². The molecule has 2 N–H and O–H groups in total. The highest BCUT2D eigenvalue weighted by molar-refractivity contribution is 5.93. The molecule has 4 nitrogen and oxygen atoms in total. The second kappa shape index (κ2) is 2.49. The van der Waals surface area contributed by atoms with Crippen LogP contribution in [0.2, 0.25) is 0 Å². The van der Waals surface area contributed by atoms with Crippen molar-refractivity contribution in [2.45, 2.75) is 32.6 Å². The molecule has 78 valence electrons. The van der Waals surface area contributed by atoms with E-state index in [1.54, 1.807) is 0 Å². The van der Waals surface area contributed by atoms with Gasteiger partial charge in [-0.25, -0.2) is 0 Å². The fraction of sp³-hybridized carbons (Fsp3) is 0.800. The lowest BCUT2D eigenvalue weighted by Gasteiger charge is -2.30. The molecule has 2 aliphatic rings. The summed E-state index contributed by atoms with van der Waals surface area (Å²) in [6.07, 6.45) is 2.52. The molecule has 2 fully saturated rings. The number of hydrogen-bond acceptors (Lipinski definition) is 2. The number of carboxylic acid groups (broad SMARTS) is 2. The van der Waals surface area contributed by atoms with Gasteiger partial charge in [-0.15, -0.1) is 0 Å². The van der Waals surface area contributed by atoms with Gasteiger partial charge in [0.15, 0.2) is 0 Å². The summed E-state index contributed by atoms with van der Waals surface area (Å²) >= 11 is 0. The number of fused-ring (bicyclic) bond motifs is 1. The Morgan fingerprint density at radius 1 is 1.29 bits per heavy atom.